The summed E-state index contributed by atoms with van der Waals surface area (Å²) >= 11 is 13.5. The predicted octanol–water partition coefficient (Wildman–Crippen LogP) is 7.34. The van der Waals surface area contributed by atoms with Crippen LogP contribution in [0.25, 0.3) is 0 Å². The Morgan fingerprint density at radius 1 is 1.04 bits per heavy atom. The molecule has 0 spiro atoms. The van der Waals surface area contributed by atoms with Gasteiger partial charge >= 0.3 is 6.03 Å². The van der Waals surface area contributed by atoms with E-state index in [1.165, 1.54) is 30.1 Å². The molecule has 242 valence electrons. The molecule has 0 fully saturated rings. The highest BCUT2D eigenvalue weighted by molar-refractivity contribution is 6.42. The Labute approximate surface area is 282 Å². The van der Waals surface area contributed by atoms with E-state index in [-0.39, 0.29) is 64.4 Å². The second-order valence-corrected chi connectivity index (χ2v) is 11.2. The number of nitrogens with one attached hydrogen (secondary N) is 2. The number of hydrogen-bond donors (Lipinski definition) is 2. The minimum atomic E-state index is -0.471. The van der Waals surface area contributed by atoms with Crippen LogP contribution in [0.4, 0.5) is 33.6 Å². The summed E-state index contributed by atoms with van der Waals surface area (Å²) in [5, 5.41) is 6.31. The van der Waals surface area contributed by atoms with Crippen molar-refractivity contribution in [3.63, 3.8) is 0 Å². The first-order valence-electron chi connectivity index (χ1n) is 14.6. The van der Waals surface area contributed by atoms with Gasteiger partial charge in [0.05, 0.1) is 33.0 Å². The molecule has 47 heavy (non-hydrogen) atoms. The molecule has 0 aliphatic carbocycles. The van der Waals surface area contributed by atoms with Gasteiger partial charge in [0, 0.05) is 42.0 Å². The van der Waals surface area contributed by atoms with Crippen LogP contribution in [0, 0.1) is 0 Å². The molecule has 0 atom stereocenters. The summed E-state index contributed by atoms with van der Waals surface area (Å²) in [6.45, 7) is 5.45. The fraction of sp³-hybridized carbons (Fsp3) is 0.206. The molecule has 0 saturated heterocycles. The second-order valence-electron chi connectivity index (χ2n) is 10.5. The number of allylic oxidation sites excluding steroid dienone is 1. The number of rotatable bonds is 12. The fourth-order valence-electron chi connectivity index (χ4n) is 5.06. The lowest BCUT2D eigenvalue weighted by molar-refractivity contribution is -0.116. The van der Waals surface area contributed by atoms with Crippen LogP contribution < -0.4 is 29.9 Å². The summed E-state index contributed by atoms with van der Waals surface area (Å²) in [7, 11) is 2.91. The van der Waals surface area contributed by atoms with Gasteiger partial charge in [-0.05, 0) is 35.4 Å². The minimum Gasteiger partial charge on any atom is -0.495 e. The summed E-state index contributed by atoms with van der Waals surface area (Å²) < 4.78 is 10.9. The summed E-state index contributed by atoms with van der Waals surface area (Å²) in [4.78, 5) is 50.9. The lowest BCUT2D eigenvalue weighted by atomic mass is 10.1. The van der Waals surface area contributed by atoms with Gasteiger partial charge in [-0.25, -0.2) is 9.78 Å². The number of para-hydroxylation sites is 1. The number of urea groups is 1. The molecule has 1 aromatic heterocycles. The number of amides is 3. The Morgan fingerprint density at radius 2 is 1.77 bits per heavy atom. The number of aromatic nitrogens is 2. The van der Waals surface area contributed by atoms with Crippen molar-refractivity contribution in [2.45, 2.75) is 32.9 Å². The summed E-state index contributed by atoms with van der Waals surface area (Å²) in [5.74, 6) is 0.854. The molecule has 3 aromatic carbocycles. The van der Waals surface area contributed by atoms with Crippen LogP contribution in [0.15, 0.2) is 73.4 Å². The highest BCUT2D eigenvalue weighted by Crippen LogP contribution is 2.48. The average molecular weight is 676 g/mol. The van der Waals surface area contributed by atoms with Crippen LogP contribution in [0.2, 0.25) is 10.0 Å². The average Bonchev–Trinajstić information content (AvgIpc) is 3.07. The van der Waals surface area contributed by atoms with Crippen LogP contribution in [0.3, 0.4) is 0 Å². The van der Waals surface area contributed by atoms with Gasteiger partial charge in [0.1, 0.15) is 27.4 Å². The van der Waals surface area contributed by atoms with Gasteiger partial charge in [0.25, 0.3) is 0 Å². The molecule has 5 rings (SSSR count). The van der Waals surface area contributed by atoms with E-state index >= 15 is 0 Å². The number of carbonyl (C=O) groups excluding carboxylic acids is 3. The van der Waals surface area contributed by atoms with Crippen molar-refractivity contribution in [1.82, 2.24) is 9.97 Å². The van der Waals surface area contributed by atoms with E-state index in [1.807, 2.05) is 30.3 Å². The maximum Gasteiger partial charge on any atom is 0.330 e. The van der Waals surface area contributed by atoms with Gasteiger partial charge in [0.2, 0.25) is 11.9 Å². The van der Waals surface area contributed by atoms with Crippen molar-refractivity contribution < 1.29 is 23.9 Å². The lowest BCUT2D eigenvalue weighted by Gasteiger charge is -2.37. The lowest BCUT2D eigenvalue weighted by Crippen LogP contribution is -2.48. The Hall–Kier alpha value is -5.13. The fourth-order valence-corrected chi connectivity index (χ4v) is 5.77. The molecule has 1 aliphatic heterocycles. The van der Waals surface area contributed by atoms with E-state index in [4.69, 9.17) is 37.7 Å². The Morgan fingerprint density at radius 3 is 2.45 bits per heavy atom. The molecule has 3 amide bonds. The third kappa shape index (κ3) is 7.16. The SMILES string of the molecule is C=CC(=O)Cc1ccccc1Nc1ncc2c(n1)N(Cc1cccc(NC(=O)CC)c1)C(=O)N(c1c(Cl)c(OC)cc(OC)c1Cl)C2. The van der Waals surface area contributed by atoms with Gasteiger partial charge in [-0.2, -0.15) is 4.98 Å². The van der Waals surface area contributed by atoms with Crippen LogP contribution in [-0.2, 0) is 29.1 Å². The standard InChI is InChI=1S/C34H32Cl2N6O5/c1-5-24(43)15-21-11-7-8-13-25(21)39-33-37-17-22-19-41(31-29(35)26(46-3)16-27(47-4)30(31)36)34(45)42(32(22)40-33)18-20-10-9-12-23(14-20)38-28(44)6-2/h5,7-14,16-17H,1,6,15,18-19H2,2-4H3,(H,38,44)(H,37,39,40). The van der Waals surface area contributed by atoms with E-state index in [0.29, 0.717) is 29.2 Å². The quantitative estimate of drug-likeness (QED) is 0.150. The van der Waals surface area contributed by atoms with Gasteiger partial charge in [-0.3, -0.25) is 19.4 Å². The second kappa shape index (κ2) is 14.5. The molecule has 4 aromatic rings. The number of carbonyl (C=O) groups is 3. The molecule has 0 bridgehead atoms. The number of methoxy groups -OCH3 is 2. The van der Waals surface area contributed by atoms with Gasteiger partial charge in [-0.1, -0.05) is 67.0 Å². The Balaban J connectivity index is 1.59. The summed E-state index contributed by atoms with van der Waals surface area (Å²) in [6.07, 6.45) is 3.36. The number of ether oxygens (including phenoxy) is 2. The molecule has 2 heterocycles. The number of halogens is 2. The molecular formula is C34H32Cl2N6O5. The Kier molecular flexibility index (Phi) is 10.3. The monoisotopic (exact) mass is 674 g/mol. The molecule has 2 N–H and O–H groups in total. The van der Waals surface area contributed by atoms with Crippen molar-refractivity contribution in [1.29, 1.82) is 0 Å². The zero-order valence-corrected chi connectivity index (χ0v) is 27.5. The number of anilines is 5. The van der Waals surface area contributed by atoms with Crippen LogP contribution >= 0.6 is 23.2 Å². The van der Waals surface area contributed by atoms with E-state index < -0.39 is 6.03 Å². The molecule has 0 unspecified atom stereocenters. The van der Waals surface area contributed by atoms with Crippen molar-refractivity contribution in [3.05, 3.63) is 100 Å². The van der Waals surface area contributed by atoms with E-state index in [0.717, 1.165) is 11.1 Å². The van der Waals surface area contributed by atoms with Crippen LogP contribution in [0.1, 0.15) is 30.0 Å². The van der Waals surface area contributed by atoms with E-state index in [9.17, 15) is 14.4 Å². The smallest absolute Gasteiger partial charge is 0.330 e. The maximum atomic E-state index is 14.4. The molecular weight excluding hydrogens is 643 g/mol. The highest BCUT2D eigenvalue weighted by Gasteiger charge is 2.37. The van der Waals surface area contributed by atoms with Gasteiger partial charge in [-0.15, -0.1) is 0 Å². The van der Waals surface area contributed by atoms with Crippen LogP contribution in [-0.4, -0.2) is 41.9 Å². The van der Waals surface area contributed by atoms with Crippen molar-refractivity contribution in [2.24, 2.45) is 0 Å². The van der Waals surface area contributed by atoms with Crippen molar-refractivity contribution >= 4 is 69.8 Å². The minimum absolute atomic E-state index is 0.0394. The number of ketones is 1. The topological polar surface area (TPSA) is 126 Å². The maximum absolute atomic E-state index is 14.4. The normalized spacial score (nSPS) is 12.3. The van der Waals surface area contributed by atoms with Gasteiger partial charge < -0.3 is 20.1 Å². The number of fused-ring (bicyclic) bond motifs is 1. The van der Waals surface area contributed by atoms with E-state index in [1.54, 1.807) is 37.4 Å². The Bertz CT molecular complexity index is 1840. The molecule has 1 aliphatic rings. The van der Waals surface area contributed by atoms with Crippen molar-refractivity contribution in [3.8, 4) is 11.5 Å². The first-order valence-corrected chi connectivity index (χ1v) is 15.4. The largest absolute Gasteiger partial charge is 0.495 e. The number of benzene rings is 3. The third-order valence-electron chi connectivity index (χ3n) is 7.44. The number of nitrogens with zero attached hydrogens (tertiary/aromatic N) is 4. The molecule has 13 heteroatoms. The summed E-state index contributed by atoms with van der Waals surface area (Å²) in [5.41, 5.74) is 3.50. The molecule has 0 radical (unpaired) electrons. The zero-order valence-electron chi connectivity index (χ0n) is 26.0. The first-order chi connectivity index (χ1) is 22.7. The molecule has 11 nitrogen and oxygen atoms in total. The van der Waals surface area contributed by atoms with Crippen LogP contribution in [0.5, 0.6) is 11.5 Å². The molecule has 0 saturated carbocycles. The summed E-state index contributed by atoms with van der Waals surface area (Å²) in [6, 6.07) is 15.6. The van der Waals surface area contributed by atoms with E-state index in [2.05, 4.69) is 22.2 Å². The van der Waals surface area contributed by atoms with Crippen molar-refractivity contribution in [2.75, 3.05) is 34.7 Å². The predicted molar refractivity (Wildman–Crippen MR) is 183 cm³/mol. The highest BCUT2D eigenvalue weighted by atomic mass is 35.5. The zero-order chi connectivity index (χ0) is 33.7. The van der Waals surface area contributed by atoms with Gasteiger partial charge in [0.15, 0.2) is 5.78 Å². The number of hydrogen-bond acceptors (Lipinski definition) is 8. The third-order valence-corrected chi connectivity index (χ3v) is 8.17. The first kappa shape index (κ1) is 33.2.